The monoisotopic (exact) mass is 429 g/mol. The largest absolute Gasteiger partial charge is 0.495 e. The van der Waals surface area contributed by atoms with Crippen LogP contribution in [0.3, 0.4) is 0 Å². The summed E-state index contributed by atoms with van der Waals surface area (Å²) in [5.41, 5.74) is 0.527. The number of carbonyl (C=O) groups excluding carboxylic acids is 1. The molecule has 0 aliphatic heterocycles. The summed E-state index contributed by atoms with van der Waals surface area (Å²) in [6, 6.07) is 9.25. The maximum Gasteiger partial charge on any atom is 0.433 e. The number of benzene rings is 1. The van der Waals surface area contributed by atoms with E-state index in [-0.39, 0.29) is 12.3 Å². The van der Waals surface area contributed by atoms with Gasteiger partial charge in [0.05, 0.1) is 33.1 Å². The van der Waals surface area contributed by atoms with Gasteiger partial charge in [0.1, 0.15) is 32.4 Å². The second-order valence-corrected chi connectivity index (χ2v) is 6.99. The Bertz CT molecular complexity index is 1170. The minimum atomic E-state index is -0.707. The SMILES string of the molecule is COc1ccc(OC)c2sc(N(Cc3ccco3)C(=O)c3ccc([N+](=O)[O-])o3)nc12. The minimum absolute atomic E-state index is 0.0464. The average Bonchev–Trinajstić information content (AvgIpc) is 3.50. The van der Waals surface area contributed by atoms with Crippen LogP contribution in [0.25, 0.3) is 10.2 Å². The molecule has 4 rings (SSSR count). The van der Waals surface area contributed by atoms with Crippen LogP contribution in [-0.2, 0) is 6.54 Å². The molecule has 0 atom stereocenters. The minimum Gasteiger partial charge on any atom is -0.495 e. The Hall–Kier alpha value is -3.86. The number of amides is 1. The number of methoxy groups -OCH3 is 2. The Morgan fingerprint density at radius 2 is 1.97 bits per heavy atom. The molecule has 0 bridgehead atoms. The van der Waals surface area contributed by atoms with Crippen molar-refractivity contribution < 1.29 is 28.0 Å². The molecule has 30 heavy (non-hydrogen) atoms. The highest BCUT2D eigenvalue weighted by Crippen LogP contribution is 2.40. The number of carbonyl (C=O) groups is 1. The van der Waals surface area contributed by atoms with Gasteiger partial charge in [-0.2, -0.15) is 0 Å². The zero-order valence-electron chi connectivity index (χ0n) is 15.9. The second kappa shape index (κ2) is 7.87. The molecule has 0 aliphatic rings. The van der Waals surface area contributed by atoms with Crippen LogP contribution in [0, 0.1) is 10.1 Å². The number of nitro groups is 1. The summed E-state index contributed by atoms with van der Waals surface area (Å²) in [6.45, 7) is 0.0464. The van der Waals surface area contributed by atoms with Gasteiger partial charge in [-0.3, -0.25) is 19.8 Å². The van der Waals surface area contributed by atoms with Crippen molar-refractivity contribution in [2.45, 2.75) is 6.54 Å². The van der Waals surface area contributed by atoms with Crippen LogP contribution >= 0.6 is 11.3 Å². The van der Waals surface area contributed by atoms with Gasteiger partial charge in [-0.1, -0.05) is 11.3 Å². The molecule has 11 heteroatoms. The topological polar surface area (TPSA) is 121 Å². The number of aromatic nitrogens is 1. The standard InChI is InChI=1S/C19H15N3O7S/c1-26-12-5-6-13(27-2)17-16(12)20-19(30-17)21(10-11-4-3-9-28-11)18(23)14-7-8-15(29-14)22(24)25/h3-9H,10H2,1-2H3. The van der Waals surface area contributed by atoms with Crippen LogP contribution in [-0.4, -0.2) is 30.0 Å². The Labute approximate surface area is 173 Å². The van der Waals surface area contributed by atoms with E-state index in [2.05, 4.69) is 4.98 Å². The molecule has 0 spiro atoms. The number of rotatable bonds is 7. The Balaban J connectivity index is 1.81. The van der Waals surface area contributed by atoms with Crippen LogP contribution in [0.1, 0.15) is 16.3 Å². The summed E-state index contributed by atoms with van der Waals surface area (Å²) >= 11 is 1.22. The molecule has 4 aromatic rings. The first-order valence-corrected chi connectivity index (χ1v) is 9.43. The predicted octanol–water partition coefficient (Wildman–Crippen LogP) is 4.25. The lowest BCUT2D eigenvalue weighted by Crippen LogP contribution is -2.29. The van der Waals surface area contributed by atoms with Gasteiger partial charge in [-0.25, -0.2) is 4.98 Å². The van der Waals surface area contributed by atoms with Gasteiger partial charge in [0.15, 0.2) is 10.9 Å². The van der Waals surface area contributed by atoms with E-state index in [4.69, 9.17) is 18.3 Å². The fourth-order valence-corrected chi connectivity index (χ4v) is 3.92. The van der Waals surface area contributed by atoms with Crippen LogP contribution in [0.15, 0.2) is 51.5 Å². The molecule has 10 nitrogen and oxygen atoms in total. The molecule has 0 fully saturated rings. The highest BCUT2D eigenvalue weighted by atomic mass is 32.1. The molecule has 0 unspecified atom stereocenters. The molecule has 0 radical (unpaired) electrons. The number of ether oxygens (including phenoxy) is 2. The van der Waals surface area contributed by atoms with Gasteiger partial charge in [0.2, 0.25) is 0 Å². The first-order valence-electron chi connectivity index (χ1n) is 8.61. The van der Waals surface area contributed by atoms with E-state index in [1.165, 1.54) is 42.8 Å². The summed E-state index contributed by atoms with van der Waals surface area (Å²) in [4.78, 5) is 29.3. The number of nitrogens with zero attached hydrogens (tertiary/aromatic N) is 3. The number of hydrogen-bond acceptors (Lipinski definition) is 9. The average molecular weight is 429 g/mol. The third-order valence-electron chi connectivity index (χ3n) is 4.25. The summed E-state index contributed by atoms with van der Waals surface area (Å²) in [6.07, 6.45) is 1.49. The molecule has 3 aromatic heterocycles. The van der Waals surface area contributed by atoms with Crippen molar-refractivity contribution in [1.29, 1.82) is 0 Å². The number of fused-ring (bicyclic) bond motifs is 1. The summed E-state index contributed by atoms with van der Waals surface area (Å²) in [7, 11) is 3.06. The van der Waals surface area contributed by atoms with Crippen molar-refractivity contribution in [2.24, 2.45) is 0 Å². The van der Waals surface area contributed by atoms with Crippen molar-refractivity contribution in [3.05, 3.63) is 64.3 Å². The summed E-state index contributed by atoms with van der Waals surface area (Å²) in [5.74, 6) is 0.287. The van der Waals surface area contributed by atoms with Crippen LogP contribution in [0.4, 0.5) is 11.0 Å². The van der Waals surface area contributed by atoms with Crippen LogP contribution < -0.4 is 14.4 Å². The number of hydrogen-bond donors (Lipinski definition) is 0. The van der Waals surface area contributed by atoms with Crippen LogP contribution in [0.2, 0.25) is 0 Å². The maximum absolute atomic E-state index is 13.2. The van der Waals surface area contributed by atoms with E-state index in [0.717, 1.165) is 6.07 Å². The van der Waals surface area contributed by atoms with E-state index >= 15 is 0 Å². The van der Waals surface area contributed by atoms with Gasteiger partial charge >= 0.3 is 5.88 Å². The highest BCUT2D eigenvalue weighted by Gasteiger charge is 2.28. The Morgan fingerprint density at radius 1 is 1.20 bits per heavy atom. The lowest BCUT2D eigenvalue weighted by molar-refractivity contribution is -0.402. The fourth-order valence-electron chi connectivity index (χ4n) is 2.85. The lowest BCUT2D eigenvalue weighted by Gasteiger charge is -2.17. The van der Waals surface area contributed by atoms with Crippen molar-refractivity contribution in [1.82, 2.24) is 4.98 Å². The molecule has 3 heterocycles. The first kappa shape index (κ1) is 19.5. The van der Waals surface area contributed by atoms with Crippen molar-refractivity contribution in [3.63, 3.8) is 0 Å². The molecule has 0 aliphatic carbocycles. The van der Waals surface area contributed by atoms with E-state index in [1.807, 2.05) is 0 Å². The third kappa shape index (κ3) is 3.46. The lowest BCUT2D eigenvalue weighted by atomic mass is 10.3. The van der Waals surface area contributed by atoms with E-state index in [9.17, 15) is 14.9 Å². The molecule has 0 N–H and O–H groups in total. The third-order valence-corrected chi connectivity index (χ3v) is 5.34. The second-order valence-electron chi connectivity index (χ2n) is 6.01. The normalized spacial score (nSPS) is 10.9. The molecule has 1 aromatic carbocycles. The molecular weight excluding hydrogens is 414 g/mol. The van der Waals surface area contributed by atoms with Gasteiger partial charge in [-0.15, -0.1) is 0 Å². The van der Waals surface area contributed by atoms with Crippen molar-refractivity contribution in [2.75, 3.05) is 19.1 Å². The molecule has 0 saturated carbocycles. The Morgan fingerprint density at radius 3 is 2.60 bits per heavy atom. The van der Waals surface area contributed by atoms with Gasteiger partial charge < -0.3 is 18.3 Å². The molecular formula is C19H15N3O7S. The van der Waals surface area contributed by atoms with Gasteiger partial charge in [0.25, 0.3) is 5.91 Å². The molecule has 0 saturated heterocycles. The number of thiazole rings is 1. The fraction of sp³-hybridized carbons (Fsp3) is 0.158. The summed E-state index contributed by atoms with van der Waals surface area (Å²) < 4.78 is 21.9. The predicted molar refractivity (Wildman–Crippen MR) is 107 cm³/mol. The smallest absolute Gasteiger partial charge is 0.433 e. The van der Waals surface area contributed by atoms with Crippen molar-refractivity contribution in [3.8, 4) is 11.5 Å². The summed E-state index contributed by atoms with van der Waals surface area (Å²) in [5, 5.41) is 11.3. The van der Waals surface area contributed by atoms with E-state index < -0.39 is 16.7 Å². The maximum atomic E-state index is 13.2. The Kier molecular flexibility index (Phi) is 5.11. The molecule has 154 valence electrons. The van der Waals surface area contributed by atoms with Gasteiger partial charge in [-0.05, 0) is 30.3 Å². The number of anilines is 1. The quantitative estimate of drug-likeness (QED) is 0.316. The van der Waals surface area contributed by atoms with Crippen LogP contribution in [0.5, 0.6) is 11.5 Å². The zero-order chi connectivity index (χ0) is 21.3. The van der Waals surface area contributed by atoms with E-state index in [0.29, 0.717) is 32.6 Å². The van der Waals surface area contributed by atoms with Crippen molar-refractivity contribution >= 4 is 38.5 Å². The zero-order valence-corrected chi connectivity index (χ0v) is 16.7. The van der Waals surface area contributed by atoms with E-state index in [1.54, 1.807) is 24.3 Å². The molecule has 1 amide bonds. The first-order chi connectivity index (χ1) is 14.5. The highest BCUT2D eigenvalue weighted by molar-refractivity contribution is 7.22. The number of furan rings is 2. The van der Waals surface area contributed by atoms with Gasteiger partial charge in [0, 0.05) is 0 Å².